The van der Waals surface area contributed by atoms with Crippen LogP contribution in [0.25, 0.3) is 5.69 Å². The van der Waals surface area contributed by atoms with E-state index in [-0.39, 0.29) is 11.7 Å². The van der Waals surface area contributed by atoms with Crippen molar-refractivity contribution in [2.24, 2.45) is 11.8 Å². The Kier molecular flexibility index (Phi) is 5.91. The Morgan fingerprint density at radius 1 is 1.32 bits per heavy atom. The predicted molar refractivity (Wildman–Crippen MR) is 102 cm³/mol. The molecule has 0 aliphatic carbocycles. The third-order valence-electron chi connectivity index (χ3n) is 4.14. The lowest BCUT2D eigenvalue weighted by Crippen LogP contribution is -2.43. The highest BCUT2D eigenvalue weighted by Crippen LogP contribution is 2.26. The molecule has 0 unspecified atom stereocenters. The number of hydrogen-bond donors (Lipinski definition) is 0. The summed E-state index contributed by atoms with van der Waals surface area (Å²) < 4.78 is 16.0. The van der Waals surface area contributed by atoms with E-state index in [1.54, 1.807) is 16.8 Å². The molecule has 8 heteroatoms. The topological polar surface area (TPSA) is 38.1 Å². The lowest BCUT2D eigenvalue weighted by atomic mass is 9.92. The number of amides is 1. The fourth-order valence-electron chi connectivity index (χ4n) is 3.15. The van der Waals surface area contributed by atoms with Crippen LogP contribution in [0.2, 0.25) is 0 Å². The average Bonchev–Trinajstić information content (AvgIpc) is 2.93. The number of halogens is 1. The second-order valence-electron chi connectivity index (χ2n) is 6.56. The maximum Gasteiger partial charge on any atom is 0.233 e. The van der Waals surface area contributed by atoms with E-state index in [1.807, 2.05) is 4.90 Å². The second-order valence-corrected chi connectivity index (χ2v) is 9.40. The Bertz CT molecular complexity index is 792. The Balaban J connectivity index is 1.64. The van der Waals surface area contributed by atoms with Crippen LogP contribution in [0.5, 0.6) is 0 Å². The number of aromatic nitrogens is 2. The van der Waals surface area contributed by atoms with E-state index in [9.17, 15) is 9.18 Å². The first-order chi connectivity index (χ1) is 11.9. The minimum Gasteiger partial charge on any atom is -0.341 e. The monoisotopic (exact) mass is 397 g/mol. The van der Waals surface area contributed by atoms with Crippen molar-refractivity contribution in [1.82, 2.24) is 14.7 Å². The Hall–Kier alpha value is -1.25. The van der Waals surface area contributed by atoms with Gasteiger partial charge >= 0.3 is 0 Å². The van der Waals surface area contributed by atoms with Gasteiger partial charge in [0.2, 0.25) is 5.91 Å². The molecule has 0 spiro atoms. The first-order valence-electron chi connectivity index (χ1n) is 8.19. The molecule has 1 aromatic heterocycles. The van der Waals surface area contributed by atoms with Crippen LogP contribution in [-0.4, -0.2) is 39.4 Å². The van der Waals surface area contributed by atoms with Gasteiger partial charge in [-0.2, -0.15) is 0 Å². The van der Waals surface area contributed by atoms with Gasteiger partial charge in [-0.25, -0.2) is 9.07 Å². The number of benzene rings is 1. The molecule has 1 aliphatic rings. The van der Waals surface area contributed by atoms with Gasteiger partial charge in [0, 0.05) is 13.1 Å². The molecule has 4 nitrogen and oxygen atoms in total. The number of piperidine rings is 1. The van der Waals surface area contributed by atoms with Gasteiger partial charge in [0.1, 0.15) is 5.82 Å². The molecule has 134 valence electrons. The fraction of sp³-hybridized carbons (Fsp3) is 0.471. The number of hydrogen-bond acceptors (Lipinski definition) is 5. The molecule has 0 saturated carbocycles. The van der Waals surface area contributed by atoms with Crippen LogP contribution >= 0.6 is 35.3 Å². The molecular formula is C17H20FN3OS3. The highest BCUT2D eigenvalue weighted by Gasteiger charge is 2.25. The minimum absolute atomic E-state index is 0.151. The normalized spacial score (nSPS) is 20.7. The molecular weight excluding hydrogens is 377 g/mol. The molecule has 1 amide bonds. The van der Waals surface area contributed by atoms with Gasteiger partial charge in [-0.3, -0.25) is 4.79 Å². The lowest BCUT2D eigenvalue weighted by molar-refractivity contribution is -0.130. The van der Waals surface area contributed by atoms with Crippen LogP contribution in [0, 0.1) is 21.6 Å². The number of nitrogens with zero attached hydrogens (tertiary/aromatic N) is 3. The van der Waals surface area contributed by atoms with Crippen molar-refractivity contribution in [3.05, 3.63) is 34.0 Å². The number of carbonyl (C=O) groups excluding carboxylic acids is 1. The molecule has 1 fully saturated rings. The van der Waals surface area contributed by atoms with Crippen LogP contribution in [0.4, 0.5) is 4.39 Å². The number of thioether (sulfide) groups is 1. The van der Waals surface area contributed by atoms with Crippen molar-refractivity contribution in [3.63, 3.8) is 0 Å². The Labute approximate surface area is 160 Å². The third kappa shape index (κ3) is 4.68. The van der Waals surface area contributed by atoms with Crippen LogP contribution in [0.1, 0.15) is 20.3 Å². The number of likely N-dealkylation sites (tertiary alicyclic amines) is 1. The maximum absolute atomic E-state index is 13.1. The van der Waals surface area contributed by atoms with Gasteiger partial charge in [0.25, 0.3) is 0 Å². The quantitative estimate of drug-likeness (QED) is 0.566. The van der Waals surface area contributed by atoms with E-state index in [0.29, 0.717) is 21.5 Å². The average molecular weight is 398 g/mol. The van der Waals surface area contributed by atoms with Crippen LogP contribution in [-0.2, 0) is 4.79 Å². The first kappa shape index (κ1) is 18.5. The molecule has 0 N–H and O–H groups in total. The smallest absolute Gasteiger partial charge is 0.233 e. The Morgan fingerprint density at radius 3 is 2.60 bits per heavy atom. The van der Waals surface area contributed by atoms with Gasteiger partial charge in [0.05, 0.1) is 11.4 Å². The van der Waals surface area contributed by atoms with Crippen LogP contribution in [0.3, 0.4) is 0 Å². The zero-order valence-electron chi connectivity index (χ0n) is 14.1. The van der Waals surface area contributed by atoms with E-state index in [0.717, 1.165) is 23.1 Å². The van der Waals surface area contributed by atoms with Gasteiger partial charge in [-0.15, -0.1) is 5.10 Å². The molecule has 2 atom stereocenters. The second kappa shape index (κ2) is 7.97. The van der Waals surface area contributed by atoms with E-state index in [1.165, 1.54) is 41.7 Å². The highest BCUT2D eigenvalue weighted by molar-refractivity contribution is 8.01. The molecule has 1 aliphatic heterocycles. The van der Waals surface area contributed by atoms with Crippen LogP contribution in [0.15, 0.2) is 28.6 Å². The summed E-state index contributed by atoms with van der Waals surface area (Å²) in [6, 6.07) is 6.04. The summed E-state index contributed by atoms with van der Waals surface area (Å²) in [5.41, 5.74) is 0.722. The van der Waals surface area contributed by atoms with Crippen molar-refractivity contribution in [2.75, 3.05) is 18.8 Å². The van der Waals surface area contributed by atoms with Crippen molar-refractivity contribution >= 4 is 41.2 Å². The number of rotatable bonds is 4. The molecule has 0 bridgehead atoms. The van der Waals surface area contributed by atoms with E-state index >= 15 is 0 Å². The summed E-state index contributed by atoms with van der Waals surface area (Å²) in [7, 11) is 0. The van der Waals surface area contributed by atoms with E-state index in [4.69, 9.17) is 12.2 Å². The summed E-state index contributed by atoms with van der Waals surface area (Å²) >= 11 is 8.12. The molecule has 0 radical (unpaired) electrons. The summed E-state index contributed by atoms with van der Waals surface area (Å²) in [5, 5.41) is 4.46. The van der Waals surface area contributed by atoms with Gasteiger partial charge in [-0.05, 0) is 54.7 Å². The van der Waals surface area contributed by atoms with Crippen molar-refractivity contribution in [2.45, 2.75) is 24.6 Å². The standard InChI is InChI=1S/C17H20FN3OS3/c1-11-7-12(2)9-20(8-11)15(22)10-24-16-19-21(17(23)25-16)14-5-3-13(18)4-6-14/h3-6,11-12H,7-10H2,1-2H3/t11-,12-/m1/s1. The number of carbonyl (C=O) groups is 1. The van der Waals surface area contributed by atoms with Crippen molar-refractivity contribution in [1.29, 1.82) is 0 Å². The zero-order valence-corrected chi connectivity index (χ0v) is 16.6. The molecule has 2 aromatic rings. The summed E-state index contributed by atoms with van der Waals surface area (Å²) in [5.74, 6) is 1.33. The molecule has 25 heavy (non-hydrogen) atoms. The largest absolute Gasteiger partial charge is 0.341 e. The van der Waals surface area contributed by atoms with Crippen molar-refractivity contribution < 1.29 is 9.18 Å². The summed E-state index contributed by atoms with van der Waals surface area (Å²) in [6.45, 7) is 6.06. The van der Waals surface area contributed by atoms with E-state index in [2.05, 4.69) is 18.9 Å². The zero-order chi connectivity index (χ0) is 18.0. The molecule has 3 rings (SSSR count). The van der Waals surface area contributed by atoms with Gasteiger partial charge in [-0.1, -0.05) is 36.9 Å². The SMILES string of the molecule is C[C@@H]1C[C@@H](C)CN(C(=O)CSc2nn(-c3ccc(F)cc3)c(=S)s2)C1. The summed E-state index contributed by atoms with van der Waals surface area (Å²) in [6.07, 6.45) is 1.18. The molecule has 1 aromatic carbocycles. The lowest BCUT2D eigenvalue weighted by Gasteiger charge is -2.34. The predicted octanol–water partition coefficient (Wildman–Crippen LogP) is 4.40. The van der Waals surface area contributed by atoms with Gasteiger partial charge in [0.15, 0.2) is 8.29 Å². The highest BCUT2D eigenvalue weighted by atomic mass is 32.2. The van der Waals surface area contributed by atoms with Crippen LogP contribution < -0.4 is 0 Å². The first-order valence-corrected chi connectivity index (χ1v) is 10.4. The minimum atomic E-state index is -0.296. The third-order valence-corrected chi connectivity index (χ3v) is 6.49. The fourth-order valence-corrected chi connectivity index (χ4v) is 5.41. The van der Waals surface area contributed by atoms with Gasteiger partial charge < -0.3 is 4.90 Å². The Morgan fingerprint density at radius 2 is 1.96 bits per heavy atom. The summed E-state index contributed by atoms with van der Waals surface area (Å²) in [4.78, 5) is 14.4. The van der Waals surface area contributed by atoms with E-state index < -0.39 is 0 Å². The molecule has 1 saturated heterocycles. The van der Waals surface area contributed by atoms with Crippen molar-refractivity contribution in [3.8, 4) is 5.69 Å². The maximum atomic E-state index is 13.1. The molecule has 2 heterocycles.